The fourth-order valence-electron chi connectivity index (χ4n) is 2.08. The topological polar surface area (TPSA) is 32.7 Å². The van der Waals surface area contributed by atoms with Crippen LogP contribution in [-0.4, -0.2) is 25.7 Å². The second-order valence-electron chi connectivity index (χ2n) is 4.08. The molecule has 1 saturated heterocycles. The minimum atomic E-state index is 0.534. The summed E-state index contributed by atoms with van der Waals surface area (Å²) in [6.07, 6.45) is 4.98. The quantitative estimate of drug-likeness (QED) is 0.570. The number of anilines is 1. The van der Waals surface area contributed by atoms with Gasteiger partial charge in [-0.1, -0.05) is 12.1 Å². The van der Waals surface area contributed by atoms with E-state index in [1.54, 1.807) is 6.08 Å². The molecule has 0 aromatic heterocycles. The molecule has 0 spiro atoms. The number of aliphatic imine (C=N–C) groups is 1. The zero-order valence-electron chi connectivity index (χ0n) is 9.35. The minimum absolute atomic E-state index is 0.534. The third kappa shape index (κ3) is 2.71. The lowest BCUT2D eigenvalue weighted by atomic mass is 10.1. The summed E-state index contributed by atoms with van der Waals surface area (Å²) >= 11 is 0. The van der Waals surface area contributed by atoms with E-state index in [4.69, 9.17) is 0 Å². The van der Waals surface area contributed by atoms with Crippen molar-refractivity contribution in [1.82, 2.24) is 0 Å². The zero-order chi connectivity index (χ0) is 11.2. The van der Waals surface area contributed by atoms with Crippen LogP contribution in [0.25, 0.3) is 0 Å². The highest BCUT2D eigenvalue weighted by Crippen LogP contribution is 2.20. The van der Waals surface area contributed by atoms with Gasteiger partial charge in [0.05, 0.1) is 6.54 Å². The number of carbonyl (C=O) groups excluding carboxylic acids is 1. The van der Waals surface area contributed by atoms with Crippen LogP contribution in [-0.2, 0) is 11.2 Å². The second kappa shape index (κ2) is 5.47. The molecule has 84 valence electrons. The smallest absolute Gasteiger partial charge is 0.234 e. The van der Waals surface area contributed by atoms with E-state index in [2.05, 4.69) is 34.2 Å². The molecule has 1 aromatic rings. The van der Waals surface area contributed by atoms with E-state index in [0.717, 1.165) is 6.42 Å². The van der Waals surface area contributed by atoms with Crippen LogP contribution in [0.5, 0.6) is 0 Å². The van der Waals surface area contributed by atoms with Gasteiger partial charge in [0.25, 0.3) is 0 Å². The van der Waals surface area contributed by atoms with Gasteiger partial charge in [-0.25, -0.2) is 9.79 Å². The van der Waals surface area contributed by atoms with Crippen molar-refractivity contribution in [3.63, 3.8) is 0 Å². The summed E-state index contributed by atoms with van der Waals surface area (Å²) in [5.74, 6) is 0. The first kappa shape index (κ1) is 10.9. The Labute approximate surface area is 95.8 Å². The number of rotatable bonds is 4. The van der Waals surface area contributed by atoms with Gasteiger partial charge in [-0.05, 0) is 37.0 Å². The van der Waals surface area contributed by atoms with Gasteiger partial charge in [0.2, 0.25) is 6.08 Å². The minimum Gasteiger partial charge on any atom is -0.372 e. The van der Waals surface area contributed by atoms with E-state index < -0.39 is 0 Å². The molecule has 0 atom stereocenters. The van der Waals surface area contributed by atoms with Gasteiger partial charge in [0.15, 0.2) is 0 Å². The highest BCUT2D eigenvalue weighted by molar-refractivity contribution is 5.48. The summed E-state index contributed by atoms with van der Waals surface area (Å²) in [6, 6.07) is 8.55. The van der Waals surface area contributed by atoms with Crippen LogP contribution in [0.15, 0.2) is 29.3 Å². The third-order valence-corrected chi connectivity index (χ3v) is 2.98. The lowest BCUT2D eigenvalue weighted by Crippen LogP contribution is -2.17. The van der Waals surface area contributed by atoms with E-state index in [-0.39, 0.29) is 0 Å². The van der Waals surface area contributed by atoms with Crippen molar-refractivity contribution >= 4 is 11.8 Å². The Hall–Kier alpha value is -1.60. The lowest BCUT2D eigenvalue weighted by Gasteiger charge is -2.17. The molecule has 1 aliphatic heterocycles. The molecule has 1 aliphatic rings. The SMILES string of the molecule is O=C=NCCc1ccc(N2CCCC2)cc1. The largest absolute Gasteiger partial charge is 0.372 e. The van der Waals surface area contributed by atoms with Crippen molar-refractivity contribution in [3.05, 3.63) is 29.8 Å². The van der Waals surface area contributed by atoms with Gasteiger partial charge >= 0.3 is 0 Å². The molecule has 2 rings (SSSR count). The van der Waals surface area contributed by atoms with Crippen molar-refractivity contribution in [2.45, 2.75) is 19.3 Å². The first-order valence-electron chi connectivity index (χ1n) is 5.77. The van der Waals surface area contributed by atoms with Crippen LogP contribution in [0.1, 0.15) is 18.4 Å². The Bertz CT molecular complexity index is 373. The maximum absolute atomic E-state index is 9.92. The summed E-state index contributed by atoms with van der Waals surface area (Å²) in [7, 11) is 0. The van der Waals surface area contributed by atoms with Crippen molar-refractivity contribution in [2.75, 3.05) is 24.5 Å². The molecule has 1 aromatic carbocycles. The van der Waals surface area contributed by atoms with Gasteiger partial charge in [-0.3, -0.25) is 0 Å². The van der Waals surface area contributed by atoms with Crippen molar-refractivity contribution < 1.29 is 4.79 Å². The van der Waals surface area contributed by atoms with Crippen LogP contribution in [0.3, 0.4) is 0 Å². The highest BCUT2D eigenvalue weighted by atomic mass is 16.1. The summed E-state index contributed by atoms with van der Waals surface area (Å²) in [5.41, 5.74) is 2.53. The standard InChI is InChI=1S/C13H16N2O/c16-11-14-8-7-12-3-5-13(6-4-12)15-9-1-2-10-15/h3-6H,1-2,7-10H2. The number of isocyanates is 1. The molecule has 1 fully saturated rings. The van der Waals surface area contributed by atoms with Gasteiger partial charge in [-0.15, -0.1) is 0 Å². The molecule has 0 saturated carbocycles. The Morgan fingerprint density at radius 1 is 1.19 bits per heavy atom. The molecule has 0 N–H and O–H groups in total. The normalized spacial score (nSPS) is 14.9. The van der Waals surface area contributed by atoms with Crippen LogP contribution in [0, 0.1) is 0 Å². The zero-order valence-corrected chi connectivity index (χ0v) is 9.35. The van der Waals surface area contributed by atoms with Crippen molar-refractivity contribution in [1.29, 1.82) is 0 Å². The second-order valence-corrected chi connectivity index (χ2v) is 4.08. The first-order valence-corrected chi connectivity index (χ1v) is 5.77. The monoisotopic (exact) mass is 216 g/mol. The number of nitrogens with zero attached hydrogens (tertiary/aromatic N) is 2. The van der Waals surface area contributed by atoms with Crippen molar-refractivity contribution in [3.8, 4) is 0 Å². The van der Waals surface area contributed by atoms with Crippen LogP contribution >= 0.6 is 0 Å². The average molecular weight is 216 g/mol. The highest BCUT2D eigenvalue weighted by Gasteiger charge is 2.11. The Kier molecular flexibility index (Phi) is 3.73. The predicted octanol–water partition coefficient (Wildman–Crippen LogP) is 2.17. The van der Waals surface area contributed by atoms with E-state index >= 15 is 0 Å². The fourth-order valence-corrected chi connectivity index (χ4v) is 2.08. The number of hydrogen-bond donors (Lipinski definition) is 0. The van der Waals surface area contributed by atoms with Gasteiger partial charge < -0.3 is 4.90 Å². The van der Waals surface area contributed by atoms with Gasteiger partial charge in [0.1, 0.15) is 0 Å². The molecular formula is C13H16N2O. The number of hydrogen-bond acceptors (Lipinski definition) is 3. The Balaban J connectivity index is 1.95. The van der Waals surface area contributed by atoms with Crippen LogP contribution in [0.4, 0.5) is 5.69 Å². The molecule has 0 radical (unpaired) electrons. The maximum atomic E-state index is 9.92. The molecule has 16 heavy (non-hydrogen) atoms. The molecule has 0 unspecified atom stereocenters. The van der Waals surface area contributed by atoms with Crippen LogP contribution < -0.4 is 4.90 Å². The number of benzene rings is 1. The lowest BCUT2D eigenvalue weighted by molar-refractivity contribution is 0.563. The summed E-state index contributed by atoms with van der Waals surface area (Å²) < 4.78 is 0. The van der Waals surface area contributed by atoms with E-state index in [1.165, 1.54) is 37.2 Å². The van der Waals surface area contributed by atoms with Crippen molar-refractivity contribution in [2.24, 2.45) is 4.99 Å². The summed E-state index contributed by atoms with van der Waals surface area (Å²) in [6.45, 7) is 2.89. The van der Waals surface area contributed by atoms with E-state index in [1.807, 2.05) is 0 Å². The molecule has 1 heterocycles. The molecule has 0 aliphatic carbocycles. The van der Waals surface area contributed by atoms with E-state index in [9.17, 15) is 4.79 Å². The van der Waals surface area contributed by atoms with E-state index in [0.29, 0.717) is 6.54 Å². The molecule has 0 amide bonds. The summed E-state index contributed by atoms with van der Waals surface area (Å²) in [5, 5.41) is 0. The predicted molar refractivity (Wildman–Crippen MR) is 64.6 cm³/mol. The fraction of sp³-hybridized carbons (Fsp3) is 0.462. The molecule has 3 heteroatoms. The van der Waals surface area contributed by atoms with Gasteiger partial charge in [0, 0.05) is 18.8 Å². The Morgan fingerprint density at radius 3 is 2.50 bits per heavy atom. The molecule has 3 nitrogen and oxygen atoms in total. The molecular weight excluding hydrogens is 200 g/mol. The average Bonchev–Trinajstić information content (AvgIpc) is 2.84. The van der Waals surface area contributed by atoms with Gasteiger partial charge in [-0.2, -0.15) is 0 Å². The maximum Gasteiger partial charge on any atom is 0.234 e. The van der Waals surface area contributed by atoms with Crippen LogP contribution in [0.2, 0.25) is 0 Å². The third-order valence-electron chi connectivity index (χ3n) is 2.98. The Morgan fingerprint density at radius 2 is 1.88 bits per heavy atom. The summed E-state index contributed by atoms with van der Waals surface area (Å²) in [4.78, 5) is 15.9. The molecule has 0 bridgehead atoms. The first-order chi connectivity index (χ1) is 7.90.